The number of rotatable bonds is 5. The second kappa shape index (κ2) is 11.9. The van der Waals surface area contributed by atoms with Crippen LogP contribution in [0, 0.1) is 0 Å². The zero-order chi connectivity index (χ0) is 25.4. The Kier molecular flexibility index (Phi) is 8.60. The number of hydrogen-bond donors (Lipinski definition) is 2. The molecule has 0 radical (unpaired) electrons. The van der Waals surface area contributed by atoms with Gasteiger partial charge in [-0.3, -0.25) is 9.89 Å². The van der Waals surface area contributed by atoms with Crippen molar-refractivity contribution in [3.8, 4) is 5.75 Å². The minimum absolute atomic E-state index is 0. The lowest BCUT2D eigenvalue weighted by atomic mass is 10.0. The largest absolute Gasteiger partial charge is 0.497 e. The number of piperazine rings is 1. The predicted molar refractivity (Wildman–Crippen MR) is 163 cm³/mol. The Hall–Kier alpha value is -3.85. The van der Waals surface area contributed by atoms with Gasteiger partial charge in [-0.1, -0.05) is 12.1 Å². The topological polar surface area (TPSA) is 86.4 Å². The van der Waals surface area contributed by atoms with Crippen LogP contribution in [-0.2, 0) is 4.79 Å². The minimum atomic E-state index is -0.121. The Labute approximate surface area is 239 Å². The van der Waals surface area contributed by atoms with E-state index >= 15 is 0 Å². The number of pyridine rings is 1. The highest BCUT2D eigenvalue weighted by atomic mass is 35.5. The van der Waals surface area contributed by atoms with Crippen molar-refractivity contribution in [3.63, 3.8) is 0 Å². The average molecular weight is 566 g/mol. The number of nitrogens with zero attached hydrogens (tertiary/aromatic N) is 4. The van der Waals surface area contributed by atoms with E-state index in [0.717, 1.165) is 71.0 Å². The molecule has 1 saturated heterocycles. The molecule has 4 aromatic rings. The number of anilines is 2. The van der Waals surface area contributed by atoms with Crippen LogP contribution in [0.25, 0.3) is 34.7 Å². The normalized spacial score (nSPS) is 16.2. The highest BCUT2D eigenvalue weighted by molar-refractivity contribution is 6.35. The highest BCUT2D eigenvalue weighted by Gasteiger charge is 2.24. The number of fused-ring (bicyclic) bond motifs is 2. The number of carbonyl (C=O) groups excluding carboxylic acids is 1. The van der Waals surface area contributed by atoms with Crippen LogP contribution in [0.2, 0.25) is 0 Å². The van der Waals surface area contributed by atoms with E-state index in [9.17, 15) is 4.79 Å². The van der Waals surface area contributed by atoms with Crippen LogP contribution in [0.1, 0.15) is 22.4 Å². The van der Waals surface area contributed by atoms with Gasteiger partial charge in [0.15, 0.2) is 0 Å². The monoisotopic (exact) mass is 564 g/mol. The fourth-order valence-electron chi connectivity index (χ4n) is 4.77. The third-order valence-corrected chi connectivity index (χ3v) is 6.97. The minimum Gasteiger partial charge on any atom is -0.497 e. The van der Waals surface area contributed by atoms with Gasteiger partial charge in [-0.15, -0.1) is 24.8 Å². The van der Waals surface area contributed by atoms with E-state index in [4.69, 9.17) is 4.74 Å². The first-order valence-electron chi connectivity index (χ1n) is 12.3. The maximum absolute atomic E-state index is 12.6. The molecule has 0 bridgehead atoms. The number of carbonyl (C=O) groups is 1. The molecular weight excluding hydrogens is 535 g/mol. The summed E-state index contributed by atoms with van der Waals surface area (Å²) in [6.07, 6.45) is 7.82. The number of aromatic nitrogens is 3. The van der Waals surface area contributed by atoms with E-state index in [2.05, 4.69) is 49.5 Å². The van der Waals surface area contributed by atoms with Crippen molar-refractivity contribution in [1.82, 2.24) is 20.1 Å². The highest BCUT2D eigenvalue weighted by Crippen LogP contribution is 2.36. The number of H-pyrrole nitrogens is 1. The van der Waals surface area contributed by atoms with E-state index < -0.39 is 0 Å². The molecule has 10 heteroatoms. The number of nitrogens with one attached hydrogen (secondary N) is 2. The summed E-state index contributed by atoms with van der Waals surface area (Å²) in [6, 6.07) is 15.8. The molecule has 8 nitrogen and oxygen atoms in total. The summed E-state index contributed by atoms with van der Waals surface area (Å²) in [5.41, 5.74) is 5.93. The Morgan fingerprint density at radius 1 is 0.949 bits per heavy atom. The molecule has 1 amide bonds. The molecule has 2 aromatic carbocycles. The van der Waals surface area contributed by atoms with Crippen LogP contribution >= 0.6 is 24.8 Å². The number of hydrogen-bond acceptors (Lipinski definition) is 6. The van der Waals surface area contributed by atoms with Crippen molar-refractivity contribution < 1.29 is 9.53 Å². The Morgan fingerprint density at radius 3 is 2.49 bits per heavy atom. The van der Waals surface area contributed by atoms with Crippen molar-refractivity contribution in [3.05, 3.63) is 77.1 Å². The maximum atomic E-state index is 12.6. The van der Waals surface area contributed by atoms with E-state index in [1.165, 1.54) is 0 Å². The summed E-state index contributed by atoms with van der Waals surface area (Å²) in [6.45, 7) is 4.12. The Morgan fingerprint density at radius 2 is 1.74 bits per heavy atom. The SMILES string of the molecule is COc1ccc2c(c1)/C(=C\c1ccc3c(/C=C/c4ccc(N5CCN(C)CC5)nc4)n[nH]c3c1)C(=O)N2.Cl.Cl. The van der Waals surface area contributed by atoms with Gasteiger partial charge in [0.1, 0.15) is 11.6 Å². The Balaban J connectivity index is 0.00000176. The van der Waals surface area contributed by atoms with Crippen LogP contribution in [0.3, 0.4) is 0 Å². The molecule has 2 aliphatic heterocycles. The quantitative estimate of drug-likeness (QED) is 0.323. The first kappa shape index (κ1) is 28.2. The summed E-state index contributed by atoms with van der Waals surface area (Å²) < 4.78 is 5.33. The number of likely N-dealkylation sites (N-methyl/N-ethyl adjacent to an activating group) is 1. The lowest BCUT2D eigenvalue weighted by Gasteiger charge is -2.33. The smallest absolute Gasteiger partial charge is 0.256 e. The molecule has 202 valence electrons. The van der Waals surface area contributed by atoms with Crippen LogP contribution in [0.5, 0.6) is 5.75 Å². The average Bonchev–Trinajstić information content (AvgIpc) is 3.47. The second-order valence-electron chi connectivity index (χ2n) is 9.41. The predicted octanol–water partition coefficient (Wildman–Crippen LogP) is 5.23. The number of ether oxygens (including phenoxy) is 1. The van der Waals surface area contributed by atoms with E-state index in [0.29, 0.717) is 11.3 Å². The lowest BCUT2D eigenvalue weighted by Crippen LogP contribution is -2.44. The number of halogens is 2. The molecule has 0 aliphatic carbocycles. The van der Waals surface area contributed by atoms with Crippen LogP contribution in [0.15, 0.2) is 54.7 Å². The molecule has 0 unspecified atom stereocenters. The van der Waals surface area contributed by atoms with Gasteiger partial charge in [0.2, 0.25) is 0 Å². The molecule has 0 spiro atoms. The number of amides is 1. The first-order valence-corrected chi connectivity index (χ1v) is 12.3. The van der Waals surface area contributed by atoms with Crippen molar-refractivity contribution in [2.24, 2.45) is 0 Å². The Bertz CT molecular complexity index is 1540. The summed E-state index contributed by atoms with van der Waals surface area (Å²) in [4.78, 5) is 21.9. The van der Waals surface area contributed by atoms with Gasteiger partial charge < -0.3 is 19.9 Å². The summed E-state index contributed by atoms with van der Waals surface area (Å²) in [5, 5.41) is 11.5. The second-order valence-corrected chi connectivity index (χ2v) is 9.41. The van der Waals surface area contributed by atoms with Gasteiger partial charge >= 0.3 is 0 Å². The zero-order valence-electron chi connectivity index (χ0n) is 21.7. The molecule has 0 saturated carbocycles. The van der Waals surface area contributed by atoms with Crippen molar-refractivity contribution in [1.29, 1.82) is 0 Å². The van der Waals surface area contributed by atoms with E-state index in [1.54, 1.807) is 7.11 Å². The van der Waals surface area contributed by atoms with Crippen LogP contribution in [0.4, 0.5) is 11.5 Å². The molecule has 2 N–H and O–H groups in total. The van der Waals surface area contributed by atoms with Gasteiger partial charge in [0.25, 0.3) is 5.91 Å². The fraction of sp³-hybridized carbons (Fsp3) is 0.207. The molecule has 39 heavy (non-hydrogen) atoms. The summed E-state index contributed by atoms with van der Waals surface area (Å²) in [5.74, 6) is 1.61. The van der Waals surface area contributed by atoms with Crippen LogP contribution in [-0.4, -0.2) is 66.3 Å². The summed E-state index contributed by atoms with van der Waals surface area (Å²) >= 11 is 0. The standard InChI is InChI=1S/C29H28N6O2.2ClH/c1-34-11-13-35(14-12-34)28-10-5-19(18-30-28)4-8-26-22-7-3-20(16-27(22)33-32-26)15-24-23-17-21(37-2)6-9-25(23)31-29(24)36;;/h3-10,15-18H,11-14H2,1-2H3,(H,31,36)(H,32,33);2*1H/b8-4+,24-15+;;. The van der Waals surface area contributed by atoms with Gasteiger partial charge in [0.05, 0.1) is 18.3 Å². The third kappa shape index (κ3) is 5.78. The third-order valence-electron chi connectivity index (χ3n) is 6.97. The fourth-order valence-corrected chi connectivity index (χ4v) is 4.77. The maximum Gasteiger partial charge on any atom is 0.256 e. The van der Waals surface area contributed by atoms with Crippen molar-refractivity contribution in [2.75, 3.05) is 50.6 Å². The molecule has 4 heterocycles. The molecule has 0 atom stereocenters. The molecular formula is C29H30Cl2N6O2. The first-order chi connectivity index (χ1) is 18.1. The lowest BCUT2D eigenvalue weighted by molar-refractivity contribution is -0.110. The van der Waals surface area contributed by atoms with Crippen molar-refractivity contribution in [2.45, 2.75) is 0 Å². The van der Waals surface area contributed by atoms with Gasteiger partial charge in [-0.05, 0) is 72.8 Å². The number of aromatic amines is 1. The summed E-state index contributed by atoms with van der Waals surface area (Å²) in [7, 11) is 3.77. The van der Waals surface area contributed by atoms with Crippen LogP contribution < -0.4 is 15.0 Å². The zero-order valence-corrected chi connectivity index (χ0v) is 23.3. The van der Waals surface area contributed by atoms with Gasteiger partial charge in [0, 0.05) is 54.6 Å². The molecule has 1 fully saturated rings. The van der Waals surface area contributed by atoms with Crippen molar-refractivity contribution >= 4 is 76.9 Å². The number of methoxy groups -OCH3 is 1. The number of benzene rings is 2. The van der Waals surface area contributed by atoms with E-state index in [1.807, 2.05) is 60.8 Å². The van der Waals surface area contributed by atoms with Gasteiger partial charge in [-0.2, -0.15) is 5.10 Å². The van der Waals surface area contributed by atoms with E-state index in [-0.39, 0.29) is 30.7 Å². The van der Waals surface area contributed by atoms with Gasteiger partial charge in [-0.25, -0.2) is 4.98 Å². The molecule has 2 aliphatic rings. The molecule has 2 aromatic heterocycles. The molecule has 6 rings (SSSR count).